The molecule has 0 amide bonds. The van der Waals surface area contributed by atoms with Crippen LogP contribution in [0.1, 0.15) is 17.9 Å². The van der Waals surface area contributed by atoms with Crippen molar-refractivity contribution in [2.24, 2.45) is 11.8 Å². The average Bonchev–Trinajstić information content (AvgIpc) is 3.41. The summed E-state index contributed by atoms with van der Waals surface area (Å²) in [6.45, 7) is 0. The van der Waals surface area contributed by atoms with Gasteiger partial charge in [0, 0.05) is 51.9 Å². The summed E-state index contributed by atoms with van der Waals surface area (Å²) >= 11 is 0. The van der Waals surface area contributed by atoms with E-state index in [-0.39, 0.29) is 5.92 Å². The molecular weight excluding hydrogens is 797 g/mol. The van der Waals surface area contributed by atoms with Crippen molar-refractivity contribution < 1.29 is 0 Å². The van der Waals surface area contributed by atoms with Gasteiger partial charge in [0.2, 0.25) is 0 Å². The Labute approximate surface area is 389 Å². The number of nitrogens with zero attached hydrogens (tertiary/aromatic N) is 2. The molecule has 0 radical (unpaired) electrons. The second-order valence-corrected chi connectivity index (χ2v) is 17.3. The van der Waals surface area contributed by atoms with Crippen LogP contribution in [-0.4, -0.2) is 0 Å². The van der Waals surface area contributed by atoms with Crippen LogP contribution in [0.25, 0.3) is 44.5 Å². The quantitative estimate of drug-likeness (QED) is 0.128. The van der Waals surface area contributed by atoms with Crippen molar-refractivity contribution in [3.05, 3.63) is 290 Å². The first-order chi connectivity index (χ1) is 32.7. The van der Waals surface area contributed by atoms with E-state index in [0.29, 0.717) is 11.8 Å². The molecule has 3 unspecified atom stereocenters. The first kappa shape index (κ1) is 40.6. The van der Waals surface area contributed by atoms with Gasteiger partial charge in [0.05, 0.1) is 0 Å². The highest BCUT2D eigenvalue weighted by atomic mass is 15.2. The Kier molecular flexibility index (Phi) is 11.4. The van der Waals surface area contributed by atoms with Crippen LogP contribution in [0.15, 0.2) is 284 Å². The van der Waals surface area contributed by atoms with Crippen LogP contribution in [0.3, 0.4) is 0 Å². The molecule has 0 spiro atoms. The number of hydrogen-bond acceptors (Lipinski definition) is 2. The third-order valence-corrected chi connectivity index (χ3v) is 13.2. The summed E-state index contributed by atoms with van der Waals surface area (Å²) in [5, 5.41) is 0. The second kappa shape index (κ2) is 18.5. The van der Waals surface area contributed by atoms with Crippen molar-refractivity contribution in [3.8, 4) is 44.5 Å². The SMILES string of the molecule is C1=CC2C=CC=C(N(c3ccc(-c4ccccc4)cc3)c3ccc(-c4ccc(N(C5=CCC(c6ccc(-c7ccccc7)cc6)C=C5)c5ccc(-c6ccccc6)cc5)cc4)cc3)C2C=C1. The van der Waals surface area contributed by atoms with E-state index < -0.39 is 0 Å². The molecule has 2 heteroatoms. The van der Waals surface area contributed by atoms with Gasteiger partial charge in [0.1, 0.15) is 0 Å². The normalized spacial score (nSPS) is 17.1. The number of fused-ring (bicyclic) bond motifs is 1. The summed E-state index contributed by atoms with van der Waals surface area (Å²) < 4.78 is 0. The number of rotatable bonds is 11. The second-order valence-electron chi connectivity index (χ2n) is 17.3. The van der Waals surface area contributed by atoms with E-state index in [9.17, 15) is 0 Å². The van der Waals surface area contributed by atoms with Crippen molar-refractivity contribution in [2.75, 3.05) is 9.80 Å². The largest absolute Gasteiger partial charge is 0.314 e. The monoisotopic (exact) mass is 846 g/mol. The lowest BCUT2D eigenvalue weighted by atomic mass is 9.82. The molecule has 0 heterocycles. The molecule has 0 saturated carbocycles. The summed E-state index contributed by atoms with van der Waals surface area (Å²) in [6.07, 6.45) is 23.8. The van der Waals surface area contributed by atoms with Gasteiger partial charge in [-0.3, -0.25) is 0 Å². The van der Waals surface area contributed by atoms with Crippen LogP contribution in [0.5, 0.6) is 0 Å². The van der Waals surface area contributed by atoms with E-state index >= 15 is 0 Å². The predicted molar refractivity (Wildman–Crippen MR) is 279 cm³/mol. The molecule has 0 fully saturated rings. The van der Waals surface area contributed by atoms with E-state index in [1.54, 1.807) is 0 Å². The van der Waals surface area contributed by atoms with E-state index in [1.807, 2.05) is 0 Å². The Bertz CT molecular complexity index is 3100. The lowest BCUT2D eigenvalue weighted by molar-refractivity contribution is 0.612. The van der Waals surface area contributed by atoms with Crippen molar-refractivity contribution in [3.63, 3.8) is 0 Å². The maximum absolute atomic E-state index is 2.43. The number of anilines is 4. The first-order valence-corrected chi connectivity index (χ1v) is 23.1. The van der Waals surface area contributed by atoms with Gasteiger partial charge in [-0.2, -0.15) is 0 Å². The molecule has 0 aromatic heterocycles. The Morgan fingerprint density at radius 1 is 0.333 bits per heavy atom. The highest BCUT2D eigenvalue weighted by molar-refractivity contribution is 5.79. The molecule has 3 aliphatic rings. The Balaban J connectivity index is 0.879. The van der Waals surface area contributed by atoms with Gasteiger partial charge in [-0.25, -0.2) is 0 Å². The summed E-state index contributed by atoms with van der Waals surface area (Å²) in [6, 6.07) is 77.0. The number of allylic oxidation sites excluding steroid dienone is 10. The minimum Gasteiger partial charge on any atom is -0.314 e. The minimum absolute atomic E-state index is 0.255. The molecule has 11 rings (SSSR count). The van der Waals surface area contributed by atoms with Gasteiger partial charge in [-0.05, 0) is 117 Å². The molecule has 8 aromatic carbocycles. The molecular formula is C64H50N2. The predicted octanol–water partition coefficient (Wildman–Crippen LogP) is 17.1. The van der Waals surface area contributed by atoms with Crippen LogP contribution in [-0.2, 0) is 0 Å². The molecule has 0 saturated heterocycles. The van der Waals surface area contributed by atoms with E-state index in [2.05, 4.69) is 283 Å². The molecule has 8 aromatic rings. The van der Waals surface area contributed by atoms with Crippen LogP contribution in [0.2, 0.25) is 0 Å². The highest BCUT2D eigenvalue weighted by Gasteiger charge is 2.28. The van der Waals surface area contributed by atoms with Crippen LogP contribution < -0.4 is 9.80 Å². The van der Waals surface area contributed by atoms with E-state index in [0.717, 1.165) is 29.2 Å². The van der Waals surface area contributed by atoms with E-state index in [4.69, 9.17) is 0 Å². The average molecular weight is 847 g/mol. The summed E-state index contributed by atoms with van der Waals surface area (Å²) in [7, 11) is 0. The van der Waals surface area contributed by atoms with Crippen LogP contribution in [0, 0.1) is 11.8 Å². The third kappa shape index (κ3) is 8.45. The fraction of sp³-hybridized carbons (Fsp3) is 0.0625. The Morgan fingerprint density at radius 3 is 1.14 bits per heavy atom. The standard InChI is InChI=1S/C64H50N2/c1-4-13-47(14-5-1)50-23-25-51(26-24-50)54-29-39-59(40-30-54)65(58-37-27-52(28-38-58)48-15-6-2-7-16-48)60-41-31-55(32-42-60)56-35-45-62(46-36-56)66(64-22-12-20-57-19-10-11-21-63(57)64)61-43-33-53(34-44-61)49-17-8-3-9-18-49/h1-29,31-46,54,57,63H,30H2. The highest BCUT2D eigenvalue weighted by Crippen LogP contribution is 2.42. The summed E-state index contributed by atoms with van der Waals surface area (Å²) in [5.74, 6) is 0.906. The number of benzene rings is 8. The molecule has 316 valence electrons. The Morgan fingerprint density at radius 2 is 0.712 bits per heavy atom. The van der Waals surface area contributed by atoms with Gasteiger partial charge in [-0.15, -0.1) is 0 Å². The molecule has 0 N–H and O–H groups in total. The fourth-order valence-electron chi connectivity index (χ4n) is 9.66. The van der Waals surface area contributed by atoms with Crippen molar-refractivity contribution in [1.82, 2.24) is 0 Å². The maximum Gasteiger partial charge on any atom is 0.0461 e. The van der Waals surface area contributed by atoms with Crippen LogP contribution in [0.4, 0.5) is 22.7 Å². The molecule has 2 nitrogen and oxygen atoms in total. The van der Waals surface area contributed by atoms with E-state index in [1.165, 1.54) is 61.5 Å². The molecule has 3 aliphatic carbocycles. The zero-order valence-corrected chi connectivity index (χ0v) is 36.8. The summed E-state index contributed by atoms with van der Waals surface area (Å²) in [4.78, 5) is 4.82. The molecule has 0 bridgehead atoms. The topological polar surface area (TPSA) is 6.48 Å². The van der Waals surface area contributed by atoms with Crippen molar-refractivity contribution >= 4 is 22.7 Å². The lowest BCUT2D eigenvalue weighted by Gasteiger charge is -2.36. The molecule has 3 atom stereocenters. The fourth-order valence-corrected chi connectivity index (χ4v) is 9.66. The van der Waals surface area contributed by atoms with Gasteiger partial charge in [0.25, 0.3) is 0 Å². The lowest BCUT2D eigenvalue weighted by Crippen LogP contribution is -2.27. The third-order valence-electron chi connectivity index (χ3n) is 13.2. The van der Waals surface area contributed by atoms with Gasteiger partial charge in [0.15, 0.2) is 0 Å². The molecule has 0 aliphatic heterocycles. The van der Waals surface area contributed by atoms with Gasteiger partial charge < -0.3 is 9.80 Å². The van der Waals surface area contributed by atoms with Crippen molar-refractivity contribution in [1.29, 1.82) is 0 Å². The minimum atomic E-state index is 0.255. The van der Waals surface area contributed by atoms with Crippen molar-refractivity contribution in [2.45, 2.75) is 12.3 Å². The number of hydrogen-bond donors (Lipinski definition) is 0. The zero-order chi connectivity index (χ0) is 44.1. The first-order valence-electron chi connectivity index (χ1n) is 23.1. The van der Waals surface area contributed by atoms with Crippen LogP contribution >= 0.6 is 0 Å². The summed E-state index contributed by atoms with van der Waals surface area (Å²) in [5.41, 5.74) is 18.0. The maximum atomic E-state index is 2.43. The molecule has 66 heavy (non-hydrogen) atoms. The zero-order valence-electron chi connectivity index (χ0n) is 36.8. The smallest absolute Gasteiger partial charge is 0.0461 e. The van der Waals surface area contributed by atoms with Gasteiger partial charge >= 0.3 is 0 Å². The Hall–Kier alpha value is -8.20. The van der Waals surface area contributed by atoms with Gasteiger partial charge in [-0.1, -0.05) is 212 Å².